The van der Waals surface area contributed by atoms with Crippen LogP contribution in [0.2, 0.25) is 5.15 Å². The lowest BCUT2D eigenvalue weighted by atomic mass is 10.1. The molecule has 1 aromatic carbocycles. The van der Waals surface area contributed by atoms with Crippen LogP contribution < -0.4 is 0 Å². The van der Waals surface area contributed by atoms with E-state index < -0.39 is 0 Å². The first-order valence-electron chi connectivity index (χ1n) is 8.82. The molecule has 5 rings (SSSR count). The summed E-state index contributed by atoms with van der Waals surface area (Å²) < 4.78 is 8.86. The number of hydrogen-bond donors (Lipinski definition) is 0. The van der Waals surface area contributed by atoms with E-state index in [-0.39, 0.29) is 30.7 Å². The molecule has 2 aliphatic heterocycles. The fourth-order valence-electron chi connectivity index (χ4n) is 3.86. The van der Waals surface area contributed by atoms with Crippen molar-refractivity contribution in [3.8, 4) is 0 Å². The quantitative estimate of drug-likeness (QED) is 0.438. The van der Waals surface area contributed by atoms with Gasteiger partial charge in [0.25, 0.3) is 11.8 Å². The van der Waals surface area contributed by atoms with Crippen molar-refractivity contribution in [2.24, 2.45) is 0 Å². The van der Waals surface area contributed by atoms with Gasteiger partial charge in [-0.1, -0.05) is 23.7 Å². The first-order chi connectivity index (χ1) is 13.5. The monoisotopic (exact) mass is 460 g/mol. The third-order valence-electron chi connectivity index (χ3n) is 5.18. The van der Waals surface area contributed by atoms with Crippen LogP contribution in [0, 0.1) is 0 Å². The van der Waals surface area contributed by atoms with Crippen molar-refractivity contribution in [3.05, 3.63) is 57.5 Å². The minimum Gasteiger partial charge on any atom is -0.353 e. The molecule has 1 fully saturated rings. The third kappa shape index (κ3) is 2.67. The molecule has 142 valence electrons. The highest BCUT2D eigenvalue weighted by Gasteiger charge is 2.38. The Bertz CT molecular complexity index is 1100. The van der Waals surface area contributed by atoms with Crippen LogP contribution in [-0.4, -0.2) is 43.9 Å². The molecule has 9 heteroatoms. The molecule has 0 saturated carbocycles. The minimum absolute atomic E-state index is 0.235. The first-order valence-corrected chi connectivity index (χ1v) is 9.99. The van der Waals surface area contributed by atoms with Gasteiger partial charge in [-0.05, 0) is 40.9 Å². The molecular formula is C19H14BrClN4O3. The Balaban J connectivity index is 1.36. The summed E-state index contributed by atoms with van der Waals surface area (Å²) in [4.78, 5) is 34.8. The number of rotatable bonds is 3. The highest BCUT2D eigenvalue weighted by Crippen LogP contribution is 2.37. The number of nitrogens with zero attached hydrogens (tertiary/aromatic N) is 4. The first kappa shape index (κ1) is 17.8. The number of hydrogen-bond acceptors (Lipinski definition) is 5. The second-order valence-corrected chi connectivity index (χ2v) is 8.02. The van der Waals surface area contributed by atoms with Crippen molar-refractivity contribution >= 4 is 50.4 Å². The van der Waals surface area contributed by atoms with E-state index in [0.29, 0.717) is 21.9 Å². The van der Waals surface area contributed by atoms with E-state index in [1.807, 2.05) is 10.8 Å². The molecule has 2 amide bonds. The molecular weight excluding hydrogens is 448 g/mol. The molecule has 0 spiro atoms. The molecule has 3 aromatic rings. The van der Waals surface area contributed by atoms with Gasteiger partial charge in [0.05, 0.1) is 29.2 Å². The van der Waals surface area contributed by atoms with Crippen molar-refractivity contribution in [3.63, 3.8) is 0 Å². The van der Waals surface area contributed by atoms with Gasteiger partial charge in [0.1, 0.15) is 23.4 Å². The maximum atomic E-state index is 12.6. The number of carbonyl (C=O) groups is 2. The molecule has 2 aliphatic rings. The Morgan fingerprint density at radius 1 is 1.14 bits per heavy atom. The van der Waals surface area contributed by atoms with E-state index >= 15 is 0 Å². The number of ether oxygens (including phenoxy) is 1. The number of carbonyl (C=O) groups excluding carboxylic acids is 2. The van der Waals surface area contributed by atoms with E-state index in [2.05, 4.69) is 25.9 Å². The Hall–Kier alpha value is -2.29. The molecule has 7 nitrogen and oxygen atoms in total. The zero-order chi connectivity index (χ0) is 19.4. The maximum absolute atomic E-state index is 12.6. The number of imide groups is 1. The highest BCUT2D eigenvalue weighted by molar-refractivity contribution is 9.10. The van der Waals surface area contributed by atoms with Crippen molar-refractivity contribution in [2.75, 3.05) is 6.54 Å². The van der Waals surface area contributed by atoms with E-state index in [1.54, 1.807) is 24.3 Å². The molecule has 2 atom stereocenters. The largest absolute Gasteiger partial charge is 0.353 e. The summed E-state index contributed by atoms with van der Waals surface area (Å²) in [7, 11) is 0. The molecule has 2 aromatic heterocycles. The van der Waals surface area contributed by atoms with Crippen LogP contribution in [-0.2, 0) is 4.74 Å². The summed E-state index contributed by atoms with van der Waals surface area (Å²) in [6, 6.07) is 6.89. The maximum Gasteiger partial charge on any atom is 0.261 e. The lowest BCUT2D eigenvalue weighted by Gasteiger charge is -2.20. The number of amides is 2. The SMILES string of the molecule is O=C1c2ccccc2C(=O)N1CC1CCC(n2cc(Br)c3c(Cl)ncnc32)O1. The lowest BCUT2D eigenvalue weighted by molar-refractivity contribution is -0.00741. The average molecular weight is 462 g/mol. The molecule has 4 heterocycles. The topological polar surface area (TPSA) is 77.3 Å². The van der Waals surface area contributed by atoms with Crippen molar-refractivity contribution in [1.29, 1.82) is 0 Å². The van der Waals surface area contributed by atoms with Gasteiger partial charge in [-0.15, -0.1) is 0 Å². The number of aromatic nitrogens is 3. The number of halogens is 2. The van der Waals surface area contributed by atoms with Crippen LogP contribution in [0.15, 0.2) is 41.3 Å². The summed E-state index contributed by atoms with van der Waals surface area (Å²) in [6.07, 6.45) is 4.28. The van der Waals surface area contributed by atoms with Crippen LogP contribution >= 0.6 is 27.5 Å². The highest BCUT2D eigenvalue weighted by atomic mass is 79.9. The molecule has 1 saturated heterocycles. The Labute approximate surface area is 173 Å². The summed E-state index contributed by atoms with van der Waals surface area (Å²) in [5.74, 6) is -0.525. The van der Waals surface area contributed by atoms with Gasteiger partial charge in [0.2, 0.25) is 0 Å². The van der Waals surface area contributed by atoms with E-state index in [9.17, 15) is 9.59 Å². The summed E-state index contributed by atoms with van der Waals surface area (Å²) >= 11 is 9.68. The third-order valence-corrected chi connectivity index (χ3v) is 6.06. The van der Waals surface area contributed by atoms with Crippen LogP contribution in [0.5, 0.6) is 0 Å². The Morgan fingerprint density at radius 2 is 1.86 bits per heavy atom. The predicted octanol–water partition coefficient (Wildman–Crippen LogP) is 3.82. The van der Waals surface area contributed by atoms with Gasteiger partial charge >= 0.3 is 0 Å². The van der Waals surface area contributed by atoms with Gasteiger partial charge < -0.3 is 9.30 Å². The van der Waals surface area contributed by atoms with E-state index in [1.165, 1.54) is 11.2 Å². The predicted molar refractivity (Wildman–Crippen MR) is 105 cm³/mol. The second-order valence-electron chi connectivity index (χ2n) is 6.80. The van der Waals surface area contributed by atoms with Crippen LogP contribution in [0.1, 0.15) is 39.8 Å². The van der Waals surface area contributed by atoms with Crippen molar-refractivity contribution < 1.29 is 14.3 Å². The molecule has 0 bridgehead atoms. The van der Waals surface area contributed by atoms with Gasteiger partial charge in [-0.2, -0.15) is 0 Å². The zero-order valence-electron chi connectivity index (χ0n) is 14.5. The van der Waals surface area contributed by atoms with Crippen LogP contribution in [0.25, 0.3) is 11.0 Å². The van der Waals surface area contributed by atoms with E-state index in [4.69, 9.17) is 16.3 Å². The van der Waals surface area contributed by atoms with Gasteiger partial charge in [0, 0.05) is 10.7 Å². The van der Waals surface area contributed by atoms with Gasteiger partial charge in [-0.3, -0.25) is 14.5 Å². The fourth-order valence-corrected chi connectivity index (χ4v) is 4.79. The number of fused-ring (bicyclic) bond motifs is 2. The summed E-state index contributed by atoms with van der Waals surface area (Å²) in [6.45, 7) is 0.235. The fraction of sp³-hybridized carbons (Fsp3) is 0.263. The van der Waals surface area contributed by atoms with Gasteiger partial charge in [-0.25, -0.2) is 9.97 Å². The Morgan fingerprint density at radius 3 is 2.57 bits per heavy atom. The molecule has 0 radical (unpaired) electrons. The van der Waals surface area contributed by atoms with Crippen molar-refractivity contribution in [1.82, 2.24) is 19.4 Å². The Kier molecular flexibility index (Phi) is 4.22. The zero-order valence-corrected chi connectivity index (χ0v) is 16.9. The number of benzene rings is 1. The summed E-state index contributed by atoms with van der Waals surface area (Å²) in [5.41, 5.74) is 1.58. The van der Waals surface area contributed by atoms with Crippen LogP contribution in [0.4, 0.5) is 0 Å². The molecule has 0 aliphatic carbocycles. The average Bonchev–Trinajstić information content (AvgIpc) is 3.35. The minimum atomic E-state index is -0.263. The van der Waals surface area contributed by atoms with Crippen molar-refractivity contribution in [2.45, 2.75) is 25.2 Å². The standard InChI is InChI=1S/C19H14BrClN4O3/c20-13-8-24(17-15(13)16(21)22-9-23-17)14-6-5-10(28-14)7-25-18(26)11-3-1-2-4-12(11)19(25)27/h1-4,8-10,14H,5-7H2. The van der Waals surface area contributed by atoms with E-state index in [0.717, 1.165) is 22.7 Å². The molecule has 0 N–H and O–H groups in total. The van der Waals surface area contributed by atoms with Crippen LogP contribution in [0.3, 0.4) is 0 Å². The summed E-state index contributed by atoms with van der Waals surface area (Å²) in [5, 5.41) is 1.10. The van der Waals surface area contributed by atoms with Gasteiger partial charge in [0.15, 0.2) is 0 Å². The molecule has 2 unspecified atom stereocenters. The normalized spacial score (nSPS) is 21.7. The second kappa shape index (κ2) is 6.65. The molecule has 28 heavy (non-hydrogen) atoms. The lowest BCUT2D eigenvalue weighted by Crippen LogP contribution is -2.36. The smallest absolute Gasteiger partial charge is 0.261 e.